The highest BCUT2D eigenvalue weighted by atomic mass is 32.1. The molecule has 0 aliphatic heterocycles. The highest BCUT2D eigenvalue weighted by molar-refractivity contribution is 7.80. The van der Waals surface area contributed by atoms with Gasteiger partial charge in [0.15, 0.2) is 6.10 Å². The molecule has 0 aromatic heterocycles. The Balaban J connectivity index is 4.25. The van der Waals surface area contributed by atoms with E-state index in [0.29, 0.717) is 0 Å². The molecule has 0 rings (SSSR count). The van der Waals surface area contributed by atoms with Crippen molar-refractivity contribution in [3.05, 3.63) is 0 Å². The second-order valence-corrected chi connectivity index (χ2v) is 3.51. The number of carbonyl (C=O) groups excluding carboxylic acids is 1. The van der Waals surface area contributed by atoms with Crippen molar-refractivity contribution in [3.63, 3.8) is 0 Å². The highest BCUT2D eigenvalue weighted by Gasteiger charge is 2.34. The van der Waals surface area contributed by atoms with Gasteiger partial charge < -0.3 is 30.3 Å². The molecule has 0 heterocycles. The largest absolute Gasteiger partial charge is 0.463 e. The fraction of sp³-hybridized carbons (Fsp3) is 0.875. The predicted molar refractivity (Wildman–Crippen MR) is 55.9 cm³/mol. The Kier molecular flexibility index (Phi) is 7.64. The molecular formula is C8H16O7S. The van der Waals surface area contributed by atoms with Crippen LogP contribution in [0.5, 0.6) is 0 Å². The Bertz CT molecular complexity index is 213. The van der Waals surface area contributed by atoms with Crippen molar-refractivity contribution in [2.45, 2.75) is 24.4 Å². The summed E-state index contributed by atoms with van der Waals surface area (Å²) in [5, 5.41) is 45.1. The van der Waals surface area contributed by atoms with Crippen LogP contribution < -0.4 is 0 Å². The maximum atomic E-state index is 11.0. The van der Waals surface area contributed by atoms with Crippen LogP contribution in [0.15, 0.2) is 0 Å². The van der Waals surface area contributed by atoms with E-state index in [1.807, 2.05) is 0 Å². The SMILES string of the molecule is O=C(OCCS)[C@H](O)[C@@H](O)[C@H](O)[C@H](O)CO. The summed E-state index contributed by atoms with van der Waals surface area (Å²) in [4.78, 5) is 11.0. The van der Waals surface area contributed by atoms with Crippen molar-refractivity contribution in [2.24, 2.45) is 0 Å². The number of carbonyl (C=O) groups is 1. The quantitative estimate of drug-likeness (QED) is 0.210. The summed E-state index contributed by atoms with van der Waals surface area (Å²) in [5.74, 6) is -0.887. The Morgan fingerprint density at radius 2 is 1.75 bits per heavy atom. The van der Waals surface area contributed by atoms with Gasteiger partial charge >= 0.3 is 5.97 Å². The van der Waals surface area contributed by atoms with E-state index in [1.165, 1.54) is 0 Å². The van der Waals surface area contributed by atoms with Crippen molar-refractivity contribution in [1.82, 2.24) is 0 Å². The first-order chi connectivity index (χ1) is 7.45. The van der Waals surface area contributed by atoms with Gasteiger partial charge in [0, 0.05) is 5.75 Å². The van der Waals surface area contributed by atoms with E-state index < -0.39 is 37.0 Å². The zero-order valence-electron chi connectivity index (χ0n) is 8.43. The average molecular weight is 256 g/mol. The van der Waals surface area contributed by atoms with E-state index in [2.05, 4.69) is 17.4 Å². The summed E-state index contributed by atoms with van der Waals surface area (Å²) >= 11 is 3.76. The topological polar surface area (TPSA) is 127 Å². The molecule has 0 fully saturated rings. The fourth-order valence-corrected chi connectivity index (χ4v) is 0.985. The molecule has 0 amide bonds. The van der Waals surface area contributed by atoms with Crippen LogP contribution in [0.1, 0.15) is 0 Å². The van der Waals surface area contributed by atoms with Crippen LogP contribution >= 0.6 is 12.6 Å². The summed E-state index contributed by atoms with van der Waals surface area (Å²) in [7, 11) is 0. The lowest BCUT2D eigenvalue weighted by atomic mass is 10.0. The first kappa shape index (κ1) is 15.6. The van der Waals surface area contributed by atoms with E-state index in [4.69, 9.17) is 10.2 Å². The standard InChI is InChI=1S/C8H16O7S/c9-3-4(10)5(11)6(12)7(13)8(14)15-1-2-16/h4-7,9-13,16H,1-3H2/t4-,5-,6+,7-/m1/s1. The van der Waals surface area contributed by atoms with Gasteiger partial charge in [0.05, 0.1) is 6.61 Å². The lowest BCUT2D eigenvalue weighted by Gasteiger charge is -2.24. The van der Waals surface area contributed by atoms with E-state index in [9.17, 15) is 20.1 Å². The molecule has 0 bridgehead atoms. The summed E-state index contributed by atoms with van der Waals surface area (Å²) in [6, 6.07) is 0. The Morgan fingerprint density at radius 3 is 2.19 bits per heavy atom. The summed E-state index contributed by atoms with van der Waals surface area (Å²) < 4.78 is 4.46. The second-order valence-electron chi connectivity index (χ2n) is 3.07. The smallest absolute Gasteiger partial charge is 0.337 e. The molecule has 4 atom stereocenters. The molecule has 0 aromatic rings. The molecule has 0 saturated heterocycles. The molecule has 0 aromatic carbocycles. The van der Waals surface area contributed by atoms with E-state index >= 15 is 0 Å². The zero-order chi connectivity index (χ0) is 12.7. The Hall–Kier alpha value is -0.380. The monoisotopic (exact) mass is 256 g/mol. The minimum atomic E-state index is -1.99. The van der Waals surface area contributed by atoms with Crippen LogP contribution in [0.2, 0.25) is 0 Å². The third-order valence-corrected chi connectivity index (χ3v) is 2.01. The number of ether oxygens (including phenoxy) is 1. The molecular weight excluding hydrogens is 240 g/mol. The zero-order valence-corrected chi connectivity index (χ0v) is 9.32. The molecule has 0 radical (unpaired) electrons. The van der Waals surface area contributed by atoms with Crippen molar-refractivity contribution in [2.75, 3.05) is 19.0 Å². The van der Waals surface area contributed by atoms with Gasteiger partial charge in [-0.2, -0.15) is 12.6 Å². The van der Waals surface area contributed by atoms with Crippen LogP contribution in [-0.4, -0.2) is 74.9 Å². The minimum absolute atomic E-state index is 0.0512. The molecule has 5 N–H and O–H groups in total. The minimum Gasteiger partial charge on any atom is -0.463 e. The van der Waals surface area contributed by atoms with Gasteiger partial charge in [-0.05, 0) is 0 Å². The molecule has 16 heavy (non-hydrogen) atoms. The van der Waals surface area contributed by atoms with Gasteiger partial charge in [-0.15, -0.1) is 0 Å². The van der Waals surface area contributed by atoms with Crippen molar-refractivity contribution in [3.8, 4) is 0 Å². The lowest BCUT2D eigenvalue weighted by molar-refractivity contribution is -0.169. The van der Waals surface area contributed by atoms with Crippen molar-refractivity contribution < 1.29 is 35.1 Å². The number of hydrogen-bond acceptors (Lipinski definition) is 8. The van der Waals surface area contributed by atoms with Crippen LogP contribution in [-0.2, 0) is 9.53 Å². The molecule has 0 aliphatic rings. The van der Waals surface area contributed by atoms with Crippen LogP contribution in [0, 0.1) is 0 Å². The number of rotatable bonds is 7. The molecule has 0 unspecified atom stereocenters. The number of hydrogen-bond donors (Lipinski definition) is 6. The van der Waals surface area contributed by atoms with Gasteiger partial charge in [0.25, 0.3) is 0 Å². The Morgan fingerprint density at radius 1 is 1.19 bits per heavy atom. The van der Waals surface area contributed by atoms with E-state index in [1.54, 1.807) is 0 Å². The van der Waals surface area contributed by atoms with Crippen LogP contribution in [0.4, 0.5) is 0 Å². The third-order valence-electron chi connectivity index (χ3n) is 1.83. The summed E-state index contributed by atoms with van der Waals surface area (Å²) in [6.45, 7) is -0.860. The normalized spacial score (nSPS) is 18.6. The Labute approximate surface area is 97.7 Å². The summed E-state index contributed by atoms with van der Waals surface area (Å²) in [5.41, 5.74) is 0. The fourth-order valence-electron chi connectivity index (χ4n) is 0.893. The second kappa shape index (κ2) is 7.82. The maximum Gasteiger partial charge on any atom is 0.337 e. The number of thiol groups is 1. The van der Waals surface area contributed by atoms with Gasteiger partial charge in [-0.3, -0.25) is 0 Å². The van der Waals surface area contributed by atoms with Gasteiger partial charge in [-0.1, -0.05) is 0 Å². The van der Waals surface area contributed by atoms with Crippen LogP contribution in [0.3, 0.4) is 0 Å². The molecule has 8 heteroatoms. The van der Waals surface area contributed by atoms with Gasteiger partial charge in [0.1, 0.15) is 24.9 Å². The molecule has 0 saturated carbocycles. The summed E-state index contributed by atoms with van der Waals surface area (Å²) in [6.07, 6.45) is -7.42. The number of aliphatic hydroxyl groups excluding tert-OH is 5. The van der Waals surface area contributed by atoms with Crippen molar-refractivity contribution in [1.29, 1.82) is 0 Å². The maximum absolute atomic E-state index is 11.0. The molecule has 7 nitrogen and oxygen atoms in total. The number of aliphatic hydroxyl groups is 5. The first-order valence-corrected chi connectivity index (χ1v) is 5.19. The third kappa shape index (κ3) is 4.64. The molecule has 0 aliphatic carbocycles. The van der Waals surface area contributed by atoms with E-state index in [0.717, 1.165) is 0 Å². The van der Waals surface area contributed by atoms with Gasteiger partial charge in [-0.25, -0.2) is 4.79 Å². The van der Waals surface area contributed by atoms with Crippen molar-refractivity contribution >= 4 is 18.6 Å². The predicted octanol–water partition coefficient (Wildman–Crippen LogP) is -3.10. The lowest BCUT2D eigenvalue weighted by Crippen LogP contribution is -2.49. The first-order valence-electron chi connectivity index (χ1n) is 4.56. The average Bonchev–Trinajstić information content (AvgIpc) is 2.31. The molecule has 96 valence electrons. The number of esters is 1. The highest BCUT2D eigenvalue weighted by Crippen LogP contribution is 2.06. The van der Waals surface area contributed by atoms with Crippen LogP contribution in [0.25, 0.3) is 0 Å². The molecule has 0 spiro atoms. The van der Waals surface area contributed by atoms with Gasteiger partial charge in [0.2, 0.25) is 0 Å². The van der Waals surface area contributed by atoms with E-state index in [-0.39, 0.29) is 12.4 Å².